The number of sulfonamides is 1. The molecule has 9 heteroatoms. The van der Waals surface area contributed by atoms with E-state index in [1.54, 1.807) is 18.2 Å². The largest absolute Gasteiger partial charge is 0.280 e. The van der Waals surface area contributed by atoms with Gasteiger partial charge in [-0.3, -0.25) is 9.82 Å². The Morgan fingerprint density at radius 3 is 2.57 bits per heavy atom. The molecule has 0 aliphatic heterocycles. The van der Waals surface area contributed by atoms with Gasteiger partial charge in [0.25, 0.3) is 10.0 Å². The zero-order valence-corrected chi connectivity index (χ0v) is 16.4. The van der Waals surface area contributed by atoms with Gasteiger partial charge in [-0.05, 0) is 48.5 Å². The molecule has 1 heterocycles. The van der Waals surface area contributed by atoms with Gasteiger partial charge in [0.15, 0.2) is 0 Å². The predicted molar refractivity (Wildman–Crippen MR) is 109 cm³/mol. The Labute approximate surface area is 170 Å². The molecule has 5 nitrogen and oxygen atoms in total. The van der Waals surface area contributed by atoms with E-state index in [-0.39, 0.29) is 15.7 Å². The summed E-state index contributed by atoms with van der Waals surface area (Å²) in [6.07, 6.45) is 0. The summed E-state index contributed by atoms with van der Waals surface area (Å²) < 4.78 is 41.4. The monoisotopic (exact) mass is 435 g/mol. The minimum Gasteiger partial charge on any atom is -0.280 e. The smallest absolute Gasteiger partial charge is 0.261 e. The van der Waals surface area contributed by atoms with Gasteiger partial charge >= 0.3 is 0 Å². The van der Waals surface area contributed by atoms with Crippen molar-refractivity contribution in [1.29, 1.82) is 0 Å². The van der Waals surface area contributed by atoms with E-state index in [9.17, 15) is 12.8 Å². The minimum atomic E-state index is -3.87. The highest BCUT2D eigenvalue weighted by molar-refractivity contribution is 7.92. The third-order valence-corrected chi connectivity index (χ3v) is 6.23. The third-order valence-electron chi connectivity index (χ3n) is 4.11. The second kappa shape index (κ2) is 7.09. The van der Waals surface area contributed by atoms with E-state index in [0.717, 1.165) is 0 Å². The van der Waals surface area contributed by atoms with E-state index in [4.69, 9.17) is 23.2 Å². The van der Waals surface area contributed by atoms with Crippen LogP contribution in [0.5, 0.6) is 0 Å². The summed E-state index contributed by atoms with van der Waals surface area (Å²) in [5.41, 5.74) is 1.93. The van der Waals surface area contributed by atoms with Gasteiger partial charge in [-0.15, -0.1) is 0 Å². The molecule has 0 aliphatic carbocycles. The van der Waals surface area contributed by atoms with E-state index in [2.05, 4.69) is 14.9 Å². The number of aromatic nitrogens is 2. The summed E-state index contributed by atoms with van der Waals surface area (Å²) in [6.45, 7) is 0. The van der Waals surface area contributed by atoms with Crippen molar-refractivity contribution < 1.29 is 12.8 Å². The maximum Gasteiger partial charge on any atom is 0.261 e. The summed E-state index contributed by atoms with van der Waals surface area (Å²) in [5.74, 6) is -0.384. The van der Waals surface area contributed by atoms with Crippen LogP contribution < -0.4 is 4.72 Å². The Morgan fingerprint density at radius 2 is 1.79 bits per heavy atom. The highest BCUT2D eigenvalue weighted by atomic mass is 35.5. The van der Waals surface area contributed by atoms with Gasteiger partial charge in [0.1, 0.15) is 5.82 Å². The number of anilines is 1. The van der Waals surface area contributed by atoms with Gasteiger partial charge in [0, 0.05) is 10.9 Å². The van der Waals surface area contributed by atoms with Gasteiger partial charge in [-0.2, -0.15) is 5.10 Å². The number of nitrogens with zero attached hydrogens (tertiary/aromatic N) is 1. The summed E-state index contributed by atoms with van der Waals surface area (Å²) in [4.78, 5) is 0.0503. The second-order valence-corrected chi connectivity index (χ2v) is 8.52. The van der Waals surface area contributed by atoms with Crippen molar-refractivity contribution in [2.45, 2.75) is 4.90 Å². The van der Waals surface area contributed by atoms with E-state index in [0.29, 0.717) is 32.9 Å². The second-order valence-electron chi connectivity index (χ2n) is 6.02. The molecule has 4 rings (SSSR count). The lowest BCUT2D eigenvalue weighted by atomic mass is 10.1. The van der Waals surface area contributed by atoms with Crippen LogP contribution in [0.15, 0.2) is 65.6 Å². The number of hydrogen-bond acceptors (Lipinski definition) is 3. The molecule has 2 N–H and O–H groups in total. The van der Waals surface area contributed by atoms with Crippen LogP contribution in [0.4, 0.5) is 10.1 Å². The fourth-order valence-electron chi connectivity index (χ4n) is 2.80. The van der Waals surface area contributed by atoms with E-state index >= 15 is 0 Å². The van der Waals surface area contributed by atoms with Crippen LogP contribution in [-0.2, 0) is 10.0 Å². The molecular formula is C19H12Cl2FN3O2S. The standard InChI is InChI=1S/C19H12Cl2FN3O2S/c20-16-7-5-13(10-17(16)21)25-28(26,27)14-3-1-2-11(8-14)19-15-6-4-12(22)9-18(15)23-24-19/h1-10,25H,(H,23,24). The van der Waals surface area contributed by atoms with Crippen molar-refractivity contribution in [3.63, 3.8) is 0 Å². The summed E-state index contributed by atoms with van der Waals surface area (Å²) in [7, 11) is -3.87. The molecule has 0 atom stereocenters. The first-order valence-electron chi connectivity index (χ1n) is 8.05. The molecule has 3 aromatic carbocycles. The van der Waals surface area contributed by atoms with Crippen LogP contribution in [0.3, 0.4) is 0 Å². The Kier molecular flexibility index (Phi) is 4.74. The molecule has 142 valence electrons. The molecule has 0 bridgehead atoms. The van der Waals surface area contributed by atoms with Gasteiger partial charge in [0.05, 0.1) is 31.8 Å². The van der Waals surface area contributed by atoms with Crippen molar-refractivity contribution in [2.75, 3.05) is 4.72 Å². The molecule has 0 unspecified atom stereocenters. The average Bonchev–Trinajstić information content (AvgIpc) is 3.07. The van der Waals surface area contributed by atoms with Gasteiger partial charge in [-0.1, -0.05) is 35.3 Å². The Morgan fingerprint density at radius 1 is 0.964 bits per heavy atom. The topological polar surface area (TPSA) is 74.8 Å². The Hall–Kier alpha value is -2.61. The fraction of sp³-hybridized carbons (Fsp3) is 0. The van der Waals surface area contributed by atoms with Crippen molar-refractivity contribution >= 4 is 49.8 Å². The highest BCUT2D eigenvalue weighted by Gasteiger charge is 2.17. The number of rotatable bonds is 4. The lowest BCUT2D eigenvalue weighted by Crippen LogP contribution is -2.13. The highest BCUT2D eigenvalue weighted by Crippen LogP contribution is 2.30. The molecule has 0 fully saturated rings. The van der Waals surface area contributed by atoms with Gasteiger partial charge in [0.2, 0.25) is 0 Å². The number of benzene rings is 3. The first kappa shape index (κ1) is 18.7. The normalized spacial score (nSPS) is 11.7. The Bertz CT molecular complexity index is 1310. The van der Waals surface area contributed by atoms with Crippen LogP contribution in [0.1, 0.15) is 0 Å². The third kappa shape index (κ3) is 3.56. The number of fused-ring (bicyclic) bond motifs is 1. The van der Waals surface area contributed by atoms with E-state index in [1.807, 2.05) is 0 Å². The van der Waals surface area contributed by atoms with Crippen LogP contribution in [0.2, 0.25) is 10.0 Å². The fourth-order valence-corrected chi connectivity index (χ4v) is 4.19. The molecule has 28 heavy (non-hydrogen) atoms. The molecule has 0 spiro atoms. The van der Waals surface area contributed by atoms with Crippen molar-refractivity contribution in [3.8, 4) is 11.3 Å². The predicted octanol–water partition coefficient (Wildman–Crippen LogP) is 5.48. The van der Waals surface area contributed by atoms with Crippen molar-refractivity contribution in [3.05, 3.63) is 76.5 Å². The van der Waals surface area contributed by atoms with E-state index in [1.165, 1.54) is 42.5 Å². The number of nitrogens with one attached hydrogen (secondary N) is 2. The van der Waals surface area contributed by atoms with Crippen LogP contribution in [-0.4, -0.2) is 18.6 Å². The van der Waals surface area contributed by atoms with Gasteiger partial charge in [-0.25, -0.2) is 12.8 Å². The number of aromatic amines is 1. The molecule has 0 radical (unpaired) electrons. The molecule has 4 aromatic rings. The molecule has 0 aliphatic rings. The maximum atomic E-state index is 13.4. The van der Waals surface area contributed by atoms with Crippen LogP contribution in [0.25, 0.3) is 22.2 Å². The van der Waals surface area contributed by atoms with Crippen molar-refractivity contribution in [1.82, 2.24) is 10.2 Å². The first-order chi connectivity index (χ1) is 13.3. The molecule has 0 amide bonds. The molecular weight excluding hydrogens is 424 g/mol. The zero-order chi connectivity index (χ0) is 19.9. The summed E-state index contributed by atoms with van der Waals surface area (Å²) in [6, 6.07) is 15.0. The first-order valence-corrected chi connectivity index (χ1v) is 10.3. The van der Waals surface area contributed by atoms with E-state index < -0.39 is 10.0 Å². The van der Waals surface area contributed by atoms with Crippen molar-refractivity contribution in [2.24, 2.45) is 0 Å². The number of hydrogen-bond donors (Lipinski definition) is 2. The quantitative estimate of drug-likeness (QED) is 0.445. The lowest BCUT2D eigenvalue weighted by Gasteiger charge is -2.10. The molecule has 1 aromatic heterocycles. The van der Waals surface area contributed by atoms with Gasteiger partial charge < -0.3 is 0 Å². The SMILES string of the molecule is O=S(=O)(Nc1ccc(Cl)c(Cl)c1)c1cccc(-c2n[nH]c3cc(F)ccc23)c1. The zero-order valence-electron chi connectivity index (χ0n) is 14.1. The van der Waals surface area contributed by atoms with Crippen LogP contribution >= 0.6 is 23.2 Å². The average molecular weight is 436 g/mol. The lowest BCUT2D eigenvalue weighted by molar-refractivity contribution is 0.601. The molecule has 0 saturated heterocycles. The summed E-state index contributed by atoms with van der Waals surface area (Å²) in [5, 5.41) is 8.21. The molecule has 0 saturated carbocycles. The summed E-state index contributed by atoms with van der Waals surface area (Å²) >= 11 is 11.8. The van der Waals surface area contributed by atoms with Crippen LogP contribution in [0, 0.1) is 5.82 Å². The number of halogens is 3. The Balaban J connectivity index is 1.72. The number of H-pyrrole nitrogens is 1. The minimum absolute atomic E-state index is 0.0503. The maximum absolute atomic E-state index is 13.4.